The van der Waals surface area contributed by atoms with Crippen LogP contribution >= 0.6 is 0 Å². The van der Waals surface area contributed by atoms with Gasteiger partial charge in [0, 0.05) is 25.2 Å². The van der Waals surface area contributed by atoms with Crippen LogP contribution in [0.1, 0.15) is 44.5 Å². The Labute approximate surface area is 168 Å². The van der Waals surface area contributed by atoms with Crippen molar-refractivity contribution in [2.24, 2.45) is 5.73 Å². The zero-order valence-corrected chi connectivity index (χ0v) is 16.8. The van der Waals surface area contributed by atoms with Crippen molar-refractivity contribution in [3.8, 4) is 0 Å². The molecule has 7 heteroatoms. The van der Waals surface area contributed by atoms with E-state index in [4.69, 9.17) is 15.2 Å². The molecule has 1 fully saturated rings. The van der Waals surface area contributed by atoms with Crippen LogP contribution in [0, 0.1) is 0 Å². The number of nitrogens with two attached hydrogens (primary N) is 1. The van der Waals surface area contributed by atoms with Gasteiger partial charge in [-0.2, -0.15) is 0 Å². The Bertz CT molecular complexity index is 533. The molecule has 0 saturated carbocycles. The Kier molecular flexibility index (Phi) is 10.4. The van der Waals surface area contributed by atoms with Gasteiger partial charge in [0.15, 0.2) is 6.29 Å². The van der Waals surface area contributed by atoms with Crippen molar-refractivity contribution in [2.45, 2.75) is 63.3 Å². The van der Waals surface area contributed by atoms with Crippen molar-refractivity contribution in [3.05, 3.63) is 35.9 Å². The lowest BCUT2D eigenvalue weighted by Gasteiger charge is -2.38. The molecular weight excluding hydrogens is 360 g/mol. The first-order valence-corrected chi connectivity index (χ1v) is 10.4. The number of hydrogen-bond donors (Lipinski definition) is 4. The van der Waals surface area contributed by atoms with Crippen molar-refractivity contribution < 1.29 is 24.8 Å². The third-order valence-corrected chi connectivity index (χ3v) is 5.10. The first-order valence-electron chi connectivity index (χ1n) is 10.4. The predicted molar refractivity (Wildman–Crippen MR) is 108 cm³/mol. The second-order valence-electron chi connectivity index (χ2n) is 7.45. The molecule has 5 N–H and O–H groups in total. The van der Waals surface area contributed by atoms with Crippen molar-refractivity contribution in [1.29, 1.82) is 0 Å². The largest absolute Gasteiger partial charge is 0.389 e. The zero-order chi connectivity index (χ0) is 20.4. The van der Waals surface area contributed by atoms with Gasteiger partial charge < -0.3 is 30.5 Å². The van der Waals surface area contributed by atoms with E-state index in [1.165, 1.54) is 12.8 Å². The highest BCUT2D eigenvalue weighted by Gasteiger charge is 2.39. The van der Waals surface area contributed by atoms with Crippen molar-refractivity contribution >= 4 is 0 Å². The van der Waals surface area contributed by atoms with Gasteiger partial charge in [-0.05, 0) is 13.0 Å². The Morgan fingerprint density at radius 3 is 2.57 bits per heavy atom. The molecule has 0 aromatic heterocycles. The summed E-state index contributed by atoms with van der Waals surface area (Å²) in [6.45, 7) is 4.46. The normalized spacial score (nSPS) is 25.0. The number of benzene rings is 1. The van der Waals surface area contributed by atoms with Gasteiger partial charge in [-0.15, -0.1) is 0 Å². The minimum absolute atomic E-state index is 0.0392. The summed E-state index contributed by atoms with van der Waals surface area (Å²) < 4.78 is 11.3. The number of aliphatic hydroxyl groups is 3. The molecular formula is C21H36N2O5. The molecule has 2 rings (SSSR count). The number of unbranched alkanes of at least 4 members (excludes halogenated alkanes) is 3. The summed E-state index contributed by atoms with van der Waals surface area (Å²) in [4.78, 5) is 2.06. The Morgan fingerprint density at radius 1 is 1.14 bits per heavy atom. The van der Waals surface area contributed by atoms with Crippen LogP contribution in [0.2, 0.25) is 0 Å². The molecule has 1 unspecified atom stereocenters. The van der Waals surface area contributed by atoms with E-state index < -0.39 is 30.7 Å². The maximum atomic E-state index is 10.7. The van der Waals surface area contributed by atoms with Crippen LogP contribution < -0.4 is 5.73 Å². The van der Waals surface area contributed by atoms with E-state index in [-0.39, 0.29) is 13.2 Å². The Hall–Kier alpha value is -1.06. The number of ether oxygens (including phenoxy) is 2. The van der Waals surface area contributed by atoms with Crippen molar-refractivity contribution in [2.75, 3.05) is 32.8 Å². The first kappa shape index (κ1) is 23.2. The quantitative estimate of drug-likeness (QED) is 0.391. The second-order valence-corrected chi connectivity index (χ2v) is 7.45. The third-order valence-electron chi connectivity index (χ3n) is 5.10. The fraction of sp³-hybridized carbons (Fsp3) is 0.714. The van der Waals surface area contributed by atoms with Crippen LogP contribution in [0.25, 0.3) is 0 Å². The first-order chi connectivity index (χ1) is 13.6. The highest BCUT2D eigenvalue weighted by Crippen LogP contribution is 2.28. The Balaban J connectivity index is 1.92. The van der Waals surface area contributed by atoms with Crippen LogP contribution in [0.15, 0.2) is 30.3 Å². The molecule has 1 heterocycles. The highest BCUT2D eigenvalue weighted by molar-refractivity contribution is 5.16. The lowest BCUT2D eigenvalue weighted by atomic mass is 10.0. The summed E-state index contributed by atoms with van der Waals surface area (Å²) in [6.07, 6.45) is -0.353. The van der Waals surface area contributed by atoms with Crippen LogP contribution in [0.3, 0.4) is 0 Å². The molecule has 0 amide bonds. The fourth-order valence-electron chi connectivity index (χ4n) is 3.48. The maximum absolute atomic E-state index is 10.7. The molecule has 1 aromatic rings. The van der Waals surface area contributed by atoms with Gasteiger partial charge in [0.05, 0.1) is 12.7 Å². The molecule has 160 valence electrons. The minimum atomic E-state index is -1.22. The summed E-state index contributed by atoms with van der Waals surface area (Å²) in [6, 6.07) is 9.36. The number of hydrogen-bond acceptors (Lipinski definition) is 7. The van der Waals surface area contributed by atoms with Gasteiger partial charge in [0.1, 0.15) is 18.3 Å². The molecule has 0 aliphatic carbocycles. The van der Waals surface area contributed by atoms with Gasteiger partial charge in [-0.3, -0.25) is 4.90 Å². The van der Waals surface area contributed by atoms with E-state index in [0.29, 0.717) is 13.1 Å². The van der Waals surface area contributed by atoms with Gasteiger partial charge >= 0.3 is 0 Å². The number of aliphatic hydroxyl groups excluding tert-OH is 3. The standard InChI is InChI=1S/C21H36N2O5/c1-2-3-4-8-12-23(13-11-22)14-17(24)19(26)20-18(25)15-27-21(28-20)16-9-6-5-7-10-16/h5-7,9-10,17-21,24-26H,2-4,8,11-15,22H2,1H3/t17-,18+,19+,20+,21?/m0/s1. The third kappa shape index (κ3) is 7.08. The topological polar surface area (TPSA) is 108 Å². The lowest BCUT2D eigenvalue weighted by molar-refractivity contribution is -0.283. The second kappa shape index (κ2) is 12.5. The summed E-state index contributed by atoms with van der Waals surface area (Å²) in [5.41, 5.74) is 6.50. The summed E-state index contributed by atoms with van der Waals surface area (Å²) in [5, 5.41) is 31.5. The molecule has 5 atom stereocenters. The predicted octanol–water partition coefficient (Wildman–Crippen LogP) is 1.02. The van der Waals surface area contributed by atoms with E-state index >= 15 is 0 Å². The molecule has 1 aliphatic rings. The summed E-state index contributed by atoms with van der Waals surface area (Å²) in [7, 11) is 0. The highest BCUT2D eigenvalue weighted by atomic mass is 16.7. The number of rotatable bonds is 12. The molecule has 28 heavy (non-hydrogen) atoms. The molecule has 0 spiro atoms. The summed E-state index contributed by atoms with van der Waals surface area (Å²) >= 11 is 0. The summed E-state index contributed by atoms with van der Waals surface area (Å²) in [5.74, 6) is 0. The van der Waals surface area contributed by atoms with Gasteiger partial charge in [-0.25, -0.2) is 0 Å². The van der Waals surface area contributed by atoms with E-state index in [1.807, 2.05) is 30.3 Å². The average Bonchev–Trinajstić information content (AvgIpc) is 2.71. The molecule has 1 aliphatic heterocycles. The zero-order valence-electron chi connectivity index (χ0n) is 16.8. The number of nitrogens with zero attached hydrogens (tertiary/aromatic N) is 1. The van der Waals surface area contributed by atoms with Gasteiger partial charge in [0.2, 0.25) is 0 Å². The van der Waals surface area contributed by atoms with Crippen LogP contribution in [0.5, 0.6) is 0 Å². The monoisotopic (exact) mass is 396 g/mol. The average molecular weight is 397 g/mol. The minimum Gasteiger partial charge on any atom is -0.389 e. The van der Waals surface area contributed by atoms with Crippen molar-refractivity contribution in [1.82, 2.24) is 4.90 Å². The molecule has 0 bridgehead atoms. The SMILES string of the molecule is CCCCCCN(CCN)C[C@H](O)[C@@H](O)[C@@H]1OC(c2ccccc2)OC[C@H]1O. The van der Waals surface area contributed by atoms with Gasteiger partial charge in [0.25, 0.3) is 0 Å². The van der Waals surface area contributed by atoms with Crippen LogP contribution in [-0.2, 0) is 9.47 Å². The van der Waals surface area contributed by atoms with E-state index in [0.717, 1.165) is 24.9 Å². The smallest absolute Gasteiger partial charge is 0.184 e. The van der Waals surface area contributed by atoms with E-state index in [1.54, 1.807) is 0 Å². The van der Waals surface area contributed by atoms with Gasteiger partial charge in [-0.1, -0.05) is 56.5 Å². The van der Waals surface area contributed by atoms with E-state index in [9.17, 15) is 15.3 Å². The van der Waals surface area contributed by atoms with Crippen molar-refractivity contribution in [3.63, 3.8) is 0 Å². The van der Waals surface area contributed by atoms with E-state index in [2.05, 4.69) is 11.8 Å². The maximum Gasteiger partial charge on any atom is 0.184 e. The molecule has 1 aromatic carbocycles. The molecule has 7 nitrogen and oxygen atoms in total. The van der Waals surface area contributed by atoms with Crippen LogP contribution in [0.4, 0.5) is 0 Å². The van der Waals surface area contributed by atoms with Crippen LogP contribution in [-0.4, -0.2) is 77.4 Å². The molecule has 1 saturated heterocycles. The lowest BCUT2D eigenvalue weighted by Crippen LogP contribution is -2.54. The Morgan fingerprint density at radius 2 is 1.89 bits per heavy atom. The molecule has 0 radical (unpaired) electrons. The fourth-order valence-corrected chi connectivity index (χ4v) is 3.48.